The van der Waals surface area contributed by atoms with E-state index in [1.165, 1.54) is 6.07 Å². The zero-order chi connectivity index (χ0) is 23.1. The Morgan fingerprint density at radius 2 is 1.97 bits per heavy atom. The number of aromatic nitrogens is 2. The quantitative estimate of drug-likeness (QED) is 0.204. The molecule has 2 aromatic carbocycles. The molecular formula is C25H30FIN6O. The predicted molar refractivity (Wildman–Crippen MR) is 143 cm³/mol. The molecule has 180 valence electrons. The van der Waals surface area contributed by atoms with E-state index in [2.05, 4.69) is 26.0 Å². The lowest BCUT2D eigenvalue weighted by Gasteiger charge is -2.19. The summed E-state index contributed by atoms with van der Waals surface area (Å²) in [6.07, 6.45) is 5.31. The molecule has 0 atom stereocenters. The Hall–Kier alpha value is -2.95. The molecule has 0 radical (unpaired) electrons. The highest BCUT2D eigenvalue weighted by atomic mass is 127. The van der Waals surface area contributed by atoms with Crippen LogP contribution in [0.15, 0.2) is 72.0 Å². The molecule has 1 saturated carbocycles. The van der Waals surface area contributed by atoms with E-state index in [0.717, 1.165) is 30.5 Å². The summed E-state index contributed by atoms with van der Waals surface area (Å²) in [6.45, 7) is 3.97. The number of hydrogen-bond acceptors (Lipinski definition) is 3. The molecule has 3 N–H and O–H groups in total. The average Bonchev–Trinajstić information content (AvgIpc) is 3.42. The number of hydrogen-bond donors (Lipinski definition) is 3. The van der Waals surface area contributed by atoms with Crippen LogP contribution >= 0.6 is 24.0 Å². The molecule has 0 aliphatic heterocycles. The van der Waals surface area contributed by atoms with E-state index in [1.54, 1.807) is 29.2 Å². The van der Waals surface area contributed by atoms with E-state index in [1.807, 2.05) is 43.3 Å². The second-order valence-electron chi connectivity index (χ2n) is 8.26. The van der Waals surface area contributed by atoms with Gasteiger partial charge in [0.05, 0.1) is 6.54 Å². The van der Waals surface area contributed by atoms with Crippen molar-refractivity contribution in [3.63, 3.8) is 0 Å². The zero-order valence-corrected chi connectivity index (χ0v) is 21.5. The van der Waals surface area contributed by atoms with Gasteiger partial charge >= 0.3 is 0 Å². The largest absolute Gasteiger partial charge is 0.357 e. The van der Waals surface area contributed by atoms with E-state index in [-0.39, 0.29) is 47.7 Å². The molecule has 3 aromatic rings. The molecule has 1 aliphatic rings. The summed E-state index contributed by atoms with van der Waals surface area (Å²) < 4.78 is 15.9. The third-order valence-corrected chi connectivity index (χ3v) is 5.73. The van der Waals surface area contributed by atoms with Gasteiger partial charge in [0, 0.05) is 36.6 Å². The fourth-order valence-electron chi connectivity index (χ4n) is 3.84. The van der Waals surface area contributed by atoms with Crippen LogP contribution in [0, 0.1) is 5.82 Å². The third kappa shape index (κ3) is 6.78. The van der Waals surface area contributed by atoms with Crippen LogP contribution in [0.5, 0.6) is 0 Å². The molecule has 1 fully saturated rings. The van der Waals surface area contributed by atoms with Crippen molar-refractivity contribution >= 4 is 41.5 Å². The average molecular weight is 576 g/mol. The Balaban J connectivity index is 0.00000324. The van der Waals surface area contributed by atoms with Crippen LogP contribution in [-0.4, -0.2) is 34.7 Å². The highest BCUT2D eigenvalue weighted by Crippen LogP contribution is 2.48. The van der Waals surface area contributed by atoms with Crippen molar-refractivity contribution in [2.45, 2.75) is 38.3 Å². The van der Waals surface area contributed by atoms with Crippen molar-refractivity contribution in [3.8, 4) is 0 Å². The normalized spacial score (nSPS) is 14.1. The highest BCUT2D eigenvalue weighted by molar-refractivity contribution is 14.0. The predicted octanol–water partition coefficient (Wildman–Crippen LogP) is 4.07. The number of guanidine groups is 1. The molecule has 34 heavy (non-hydrogen) atoms. The second-order valence-corrected chi connectivity index (χ2v) is 8.26. The van der Waals surface area contributed by atoms with Crippen LogP contribution in [0.25, 0.3) is 0 Å². The minimum atomic E-state index is -0.166. The van der Waals surface area contributed by atoms with Crippen LogP contribution in [0.4, 0.5) is 10.1 Å². The van der Waals surface area contributed by atoms with Gasteiger partial charge in [-0.15, -0.1) is 24.0 Å². The molecule has 7 nitrogen and oxygen atoms in total. The molecule has 4 rings (SSSR count). The molecule has 1 heterocycles. The van der Waals surface area contributed by atoms with Gasteiger partial charge in [-0.3, -0.25) is 9.48 Å². The number of carbonyl (C=O) groups excluding carboxylic acids is 1. The monoisotopic (exact) mass is 576 g/mol. The number of anilines is 1. The molecule has 1 aromatic heterocycles. The van der Waals surface area contributed by atoms with Crippen LogP contribution in [-0.2, 0) is 23.3 Å². The Morgan fingerprint density at radius 3 is 2.68 bits per heavy atom. The molecule has 0 bridgehead atoms. The van der Waals surface area contributed by atoms with Crippen molar-refractivity contribution in [3.05, 3.63) is 83.9 Å². The van der Waals surface area contributed by atoms with Gasteiger partial charge in [-0.05, 0) is 55.2 Å². The van der Waals surface area contributed by atoms with E-state index in [4.69, 9.17) is 0 Å². The molecule has 0 saturated heterocycles. The number of carbonyl (C=O) groups is 1. The van der Waals surface area contributed by atoms with Gasteiger partial charge in [-0.2, -0.15) is 5.10 Å². The second kappa shape index (κ2) is 12.0. The fraction of sp³-hybridized carbons (Fsp3) is 0.320. The molecular weight excluding hydrogens is 546 g/mol. The van der Waals surface area contributed by atoms with E-state index >= 15 is 0 Å². The van der Waals surface area contributed by atoms with Gasteiger partial charge in [0.15, 0.2) is 5.96 Å². The third-order valence-electron chi connectivity index (χ3n) is 5.73. The SMILES string of the molecule is CCNC(=NCc1cccc(NC(=O)Cn2cccn2)c1)NCC1(c2ccccc2F)CC1.I. The van der Waals surface area contributed by atoms with E-state index < -0.39 is 0 Å². The van der Waals surface area contributed by atoms with E-state index in [9.17, 15) is 9.18 Å². The molecule has 0 unspecified atom stereocenters. The topological polar surface area (TPSA) is 83.3 Å². The van der Waals surface area contributed by atoms with Crippen LogP contribution in [0.1, 0.15) is 30.9 Å². The maximum absolute atomic E-state index is 14.3. The lowest BCUT2D eigenvalue weighted by molar-refractivity contribution is -0.116. The van der Waals surface area contributed by atoms with Crippen molar-refractivity contribution < 1.29 is 9.18 Å². The number of amides is 1. The lowest BCUT2D eigenvalue weighted by atomic mass is 9.95. The Labute approximate surface area is 216 Å². The standard InChI is InChI=1S/C25H29FN6O.HI/c1-2-27-24(29-18-25(11-12-25)21-9-3-4-10-22(21)26)28-16-19-7-5-8-20(15-19)31-23(33)17-32-14-6-13-30-32;/h3-10,13-15H,2,11-12,16-18H2,1H3,(H,31,33)(H2,27,28,29);1H. The Bertz CT molecular complexity index is 1110. The summed E-state index contributed by atoms with van der Waals surface area (Å²) >= 11 is 0. The molecule has 1 amide bonds. The summed E-state index contributed by atoms with van der Waals surface area (Å²) in [5.74, 6) is 0.399. The van der Waals surface area contributed by atoms with Crippen molar-refractivity contribution in [1.29, 1.82) is 0 Å². The zero-order valence-electron chi connectivity index (χ0n) is 19.1. The summed E-state index contributed by atoms with van der Waals surface area (Å²) in [7, 11) is 0. The van der Waals surface area contributed by atoms with Gasteiger partial charge in [0.2, 0.25) is 5.91 Å². The number of nitrogens with zero attached hydrogens (tertiary/aromatic N) is 3. The van der Waals surface area contributed by atoms with Crippen LogP contribution in [0.2, 0.25) is 0 Å². The van der Waals surface area contributed by atoms with Crippen LogP contribution < -0.4 is 16.0 Å². The van der Waals surface area contributed by atoms with Gasteiger partial charge in [-0.25, -0.2) is 9.38 Å². The van der Waals surface area contributed by atoms with Gasteiger partial charge < -0.3 is 16.0 Å². The van der Waals surface area contributed by atoms with Gasteiger partial charge in [0.25, 0.3) is 0 Å². The molecule has 1 aliphatic carbocycles. The summed E-state index contributed by atoms with van der Waals surface area (Å²) in [5, 5.41) is 13.6. The Morgan fingerprint density at radius 1 is 1.15 bits per heavy atom. The maximum Gasteiger partial charge on any atom is 0.246 e. The fourth-order valence-corrected chi connectivity index (χ4v) is 3.84. The number of rotatable bonds is 9. The van der Waals surface area contributed by atoms with Crippen molar-refractivity contribution in [2.75, 3.05) is 18.4 Å². The van der Waals surface area contributed by atoms with Crippen molar-refractivity contribution in [1.82, 2.24) is 20.4 Å². The highest BCUT2D eigenvalue weighted by Gasteiger charge is 2.45. The minimum Gasteiger partial charge on any atom is -0.357 e. The lowest BCUT2D eigenvalue weighted by Crippen LogP contribution is -2.41. The van der Waals surface area contributed by atoms with Gasteiger partial charge in [0.1, 0.15) is 12.4 Å². The number of nitrogens with one attached hydrogen (secondary N) is 3. The summed E-state index contributed by atoms with van der Waals surface area (Å²) in [4.78, 5) is 16.9. The summed E-state index contributed by atoms with van der Waals surface area (Å²) in [6, 6.07) is 16.4. The number of aliphatic imine (C=N–C) groups is 1. The number of benzene rings is 2. The first-order chi connectivity index (χ1) is 16.1. The Kier molecular flexibility index (Phi) is 9.03. The summed E-state index contributed by atoms with van der Waals surface area (Å²) in [5.41, 5.74) is 2.29. The minimum absolute atomic E-state index is 0. The van der Waals surface area contributed by atoms with Crippen LogP contribution in [0.3, 0.4) is 0 Å². The molecule has 9 heteroatoms. The first kappa shape index (κ1) is 25.7. The molecule has 0 spiro atoms. The smallest absolute Gasteiger partial charge is 0.246 e. The van der Waals surface area contributed by atoms with Crippen molar-refractivity contribution in [2.24, 2.45) is 4.99 Å². The maximum atomic E-state index is 14.3. The van der Waals surface area contributed by atoms with Gasteiger partial charge in [-0.1, -0.05) is 30.3 Å². The number of halogens is 2. The van der Waals surface area contributed by atoms with E-state index in [0.29, 0.717) is 24.7 Å². The first-order valence-electron chi connectivity index (χ1n) is 11.2. The first-order valence-corrected chi connectivity index (χ1v) is 11.2.